The van der Waals surface area contributed by atoms with Gasteiger partial charge >= 0.3 is 0 Å². The van der Waals surface area contributed by atoms with Crippen molar-refractivity contribution in [1.82, 2.24) is 4.90 Å². The van der Waals surface area contributed by atoms with Crippen molar-refractivity contribution < 1.29 is 9.53 Å². The summed E-state index contributed by atoms with van der Waals surface area (Å²) < 4.78 is 6.45. The SMILES string of the molecule is CCOc1ccc(Br)cc1C(=O)CCN1CCCC1. The Morgan fingerprint density at radius 2 is 2.11 bits per heavy atom. The number of benzene rings is 1. The molecule has 1 fully saturated rings. The van der Waals surface area contributed by atoms with Gasteiger partial charge in [-0.05, 0) is 51.1 Å². The molecule has 1 saturated heterocycles. The highest BCUT2D eigenvalue weighted by atomic mass is 79.9. The van der Waals surface area contributed by atoms with E-state index in [1.165, 1.54) is 12.8 Å². The van der Waals surface area contributed by atoms with Crippen LogP contribution in [0.2, 0.25) is 0 Å². The van der Waals surface area contributed by atoms with E-state index >= 15 is 0 Å². The van der Waals surface area contributed by atoms with Gasteiger partial charge in [0.1, 0.15) is 5.75 Å². The van der Waals surface area contributed by atoms with E-state index in [0.717, 1.165) is 24.1 Å². The van der Waals surface area contributed by atoms with Crippen LogP contribution in [-0.4, -0.2) is 36.9 Å². The number of halogens is 1. The Kier molecular flexibility index (Phi) is 5.40. The molecule has 0 radical (unpaired) electrons. The van der Waals surface area contributed by atoms with E-state index in [1.807, 2.05) is 25.1 Å². The van der Waals surface area contributed by atoms with Crippen molar-refractivity contribution >= 4 is 21.7 Å². The molecule has 0 aliphatic carbocycles. The maximum Gasteiger partial charge on any atom is 0.167 e. The van der Waals surface area contributed by atoms with Gasteiger partial charge in [0.2, 0.25) is 0 Å². The molecule has 104 valence electrons. The molecule has 0 bridgehead atoms. The summed E-state index contributed by atoms with van der Waals surface area (Å²) in [4.78, 5) is 14.7. The van der Waals surface area contributed by atoms with E-state index in [1.54, 1.807) is 0 Å². The third-order valence-corrected chi connectivity index (χ3v) is 3.89. The largest absolute Gasteiger partial charge is 0.493 e. The van der Waals surface area contributed by atoms with Crippen LogP contribution in [-0.2, 0) is 0 Å². The zero-order chi connectivity index (χ0) is 13.7. The Hall–Kier alpha value is -0.870. The Labute approximate surface area is 123 Å². The van der Waals surface area contributed by atoms with Crippen LogP contribution in [0.3, 0.4) is 0 Å². The highest BCUT2D eigenvalue weighted by molar-refractivity contribution is 9.10. The summed E-state index contributed by atoms with van der Waals surface area (Å²) in [5.74, 6) is 0.855. The Bertz CT molecular complexity index is 442. The van der Waals surface area contributed by atoms with Crippen LogP contribution in [0.4, 0.5) is 0 Å². The van der Waals surface area contributed by atoms with E-state index in [0.29, 0.717) is 24.3 Å². The fourth-order valence-corrected chi connectivity index (χ4v) is 2.76. The molecule has 0 N–H and O–H groups in total. The molecule has 0 aromatic heterocycles. The van der Waals surface area contributed by atoms with Gasteiger partial charge in [0, 0.05) is 17.4 Å². The second-order valence-electron chi connectivity index (χ2n) is 4.80. The van der Waals surface area contributed by atoms with Gasteiger partial charge in [-0.25, -0.2) is 0 Å². The van der Waals surface area contributed by atoms with Gasteiger partial charge in [-0.2, -0.15) is 0 Å². The number of carbonyl (C=O) groups excluding carboxylic acids is 1. The van der Waals surface area contributed by atoms with Gasteiger partial charge in [0.15, 0.2) is 5.78 Å². The quantitative estimate of drug-likeness (QED) is 0.749. The molecule has 0 amide bonds. The summed E-state index contributed by atoms with van der Waals surface area (Å²) in [5, 5.41) is 0. The molecule has 4 heteroatoms. The number of hydrogen-bond donors (Lipinski definition) is 0. The molecule has 0 spiro atoms. The molecule has 0 saturated carbocycles. The molecule has 1 heterocycles. The Morgan fingerprint density at radius 1 is 1.37 bits per heavy atom. The van der Waals surface area contributed by atoms with Crippen LogP contribution < -0.4 is 4.74 Å². The van der Waals surface area contributed by atoms with Crippen LogP contribution in [0, 0.1) is 0 Å². The highest BCUT2D eigenvalue weighted by Gasteiger charge is 2.16. The number of ether oxygens (including phenoxy) is 1. The van der Waals surface area contributed by atoms with E-state index < -0.39 is 0 Å². The first kappa shape index (κ1) is 14.5. The monoisotopic (exact) mass is 325 g/mol. The van der Waals surface area contributed by atoms with Gasteiger partial charge in [-0.3, -0.25) is 4.79 Å². The van der Waals surface area contributed by atoms with Gasteiger partial charge in [0.05, 0.1) is 12.2 Å². The third-order valence-electron chi connectivity index (χ3n) is 3.40. The molecular formula is C15H20BrNO2. The Balaban J connectivity index is 2.02. The average molecular weight is 326 g/mol. The van der Waals surface area contributed by atoms with Gasteiger partial charge in [-0.15, -0.1) is 0 Å². The normalized spacial score (nSPS) is 15.7. The van der Waals surface area contributed by atoms with Crippen LogP contribution >= 0.6 is 15.9 Å². The molecule has 1 aliphatic rings. The summed E-state index contributed by atoms with van der Waals surface area (Å²) in [6.07, 6.45) is 3.08. The van der Waals surface area contributed by atoms with Crippen LogP contribution in [0.25, 0.3) is 0 Å². The zero-order valence-corrected chi connectivity index (χ0v) is 12.9. The summed E-state index contributed by atoms with van der Waals surface area (Å²) >= 11 is 3.41. The van der Waals surface area contributed by atoms with Gasteiger partial charge < -0.3 is 9.64 Å². The summed E-state index contributed by atoms with van der Waals surface area (Å²) in [6.45, 7) is 5.62. The number of hydrogen-bond acceptors (Lipinski definition) is 3. The molecule has 3 nitrogen and oxygen atoms in total. The first-order valence-corrected chi connectivity index (χ1v) is 7.68. The lowest BCUT2D eigenvalue weighted by Crippen LogP contribution is -2.22. The van der Waals surface area contributed by atoms with Crippen molar-refractivity contribution in [2.24, 2.45) is 0 Å². The lowest BCUT2D eigenvalue weighted by molar-refractivity contribution is 0.0965. The van der Waals surface area contributed by atoms with Gasteiger partial charge in [-0.1, -0.05) is 15.9 Å². The number of likely N-dealkylation sites (tertiary alicyclic amines) is 1. The average Bonchev–Trinajstić information content (AvgIpc) is 2.91. The molecule has 2 rings (SSSR count). The predicted octanol–water partition coefficient (Wildman–Crippen LogP) is 3.52. The van der Waals surface area contributed by atoms with Gasteiger partial charge in [0.25, 0.3) is 0 Å². The first-order valence-electron chi connectivity index (χ1n) is 6.88. The number of rotatable bonds is 6. The molecule has 19 heavy (non-hydrogen) atoms. The fourth-order valence-electron chi connectivity index (χ4n) is 2.40. The van der Waals surface area contributed by atoms with Crippen molar-refractivity contribution in [1.29, 1.82) is 0 Å². The molecule has 0 atom stereocenters. The minimum absolute atomic E-state index is 0.164. The van der Waals surface area contributed by atoms with Crippen molar-refractivity contribution in [3.8, 4) is 5.75 Å². The van der Waals surface area contributed by atoms with E-state index in [2.05, 4.69) is 20.8 Å². The topological polar surface area (TPSA) is 29.5 Å². The molecule has 1 aromatic rings. The van der Waals surface area contributed by atoms with Crippen molar-refractivity contribution in [3.05, 3.63) is 28.2 Å². The molecular weight excluding hydrogens is 306 g/mol. The number of nitrogens with zero attached hydrogens (tertiary/aromatic N) is 1. The van der Waals surface area contributed by atoms with Crippen molar-refractivity contribution in [2.45, 2.75) is 26.2 Å². The lowest BCUT2D eigenvalue weighted by atomic mass is 10.1. The second kappa shape index (κ2) is 7.06. The standard InChI is InChI=1S/C15H20BrNO2/c1-2-19-15-6-5-12(16)11-13(15)14(18)7-10-17-8-3-4-9-17/h5-6,11H,2-4,7-10H2,1H3. The van der Waals surface area contributed by atoms with Crippen molar-refractivity contribution in [3.63, 3.8) is 0 Å². The van der Waals surface area contributed by atoms with Crippen LogP contribution in [0.1, 0.15) is 36.5 Å². The third kappa shape index (κ3) is 4.05. The number of Topliss-reactive ketones (excluding diaryl/α,β-unsaturated/α-hetero) is 1. The summed E-state index contributed by atoms with van der Waals surface area (Å²) in [6, 6.07) is 5.62. The lowest BCUT2D eigenvalue weighted by Gasteiger charge is -2.15. The van der Waals surface area contributed by atoms with E-state index in [4.69, 9.17) is 4.74 Å². The minimum atomic E-state index is 0.164. The molecule has 1 aromatic carbocycles. The first-order chi connectivity index (χ1) is 9.20. The molecule has 1 aliphatic heterocycles. The molecule has 0 unspecified atom stereocenters. The van der Waals surface area contributed by atoms with E-state index in [-0.39, 0.29) is 5.78 Å². The maximum atomic E-state index is 12.3. The smallest absolute Gasteiger partial charge is 0.167 e. The number of ketones is 1. The number of carbonyl (C=O) groups is 1. The van der Waals surface area contributed by atoms with Crippen molar-refractivity contribution in [2.75, 3.05) is 26.2 Å². The summed E-state index contributed by atoms with van der Waals surface area (Å²) in [5.41, 5.74) is 0.690. The highest BCUT2D eigenvalue weighted by Crippen LogP contribution is 2.25. The second-order valence-corrected chi connectivity index (χ2v) is 5.71. The van der Waals surface area contributed by atoms with Crippen LogP contribution in [0.5, 0.6) is 5.75 Å². The summed E-state index contributed by atoms with van der Waals surface area (Å²) in [7, 11) is 0. The fraction of sp³-hybridized carbons (Fsp3) is 0.533. The van der Waals surface area contributed by atoms with E-state index in [9.17, 15) is 4.79 Å². The zero-order valence-electron chi connectivity index (χ0n) is 11.3. The Morgan fingerprint density at radius 3 is 2.79 bits per heavy atom. The predicted molar refractivity (Wildman–Crippen MR) is 79.9 cm³/mol. The van der Waals surface area contributed by atoms with Crippen LogP contribution in [0.15, 0.2) is 22.7 Å². The maximum absolute atomic E-state index is 12.3. The minimum Gasteiger partial charge on any atom is -0.493 e.